The van der Waals surface area contributed by atoms with Crippen molar-refractivity contribution in [2.75, 3.05) is 13.1 Å². The molecule has 6 nitrogen and oxygen atoms in total. The highest BCUT2D eigenvalue weighted by Crippen LogP contribution is 2.25. The van der Waals surface area contributed by atoms with E-state index >= 15 is 0 Å². The van der Waals surface area contributed by atoms with Crippen LogP contribution in [0.2, 0.25) is 0 Å². The second-order valence-corrected chi connectivity index (χ2v) is 5.97. The summed E-state index contributed by atoms with van der Waals surface area (Å²) < 4.78 is 1.18. The molecule has 1 aliphatic heterocycles. The summed E-state index contributed by atoms with van der Waals surface area (Å²) in [5.41, 5.74) is 0.962. The van der Waals surface area contributed by atoms with Crippen LogP contribution in [-0.2, 0) is 0 Å². The fraction of sp³-hybridized carbons (Fsp3) is 0.438. The lowest BCUT2D eigenvalue weighted by molar-refractivity contribution is -0.0174. The lowest BCUT2D eigenvalue weighted by Gasteiger charge is -2.34. The number of aliphatic hydroxyl groups excluding tert-OH is 1. The molecule has 1 saturated heterocycles. The van der Waals surface area contributed by atoms with Gasteiger partial charge in [-0.1, -0.05) is 19.1 Å². The average molecular weight is 303 g/mol. The van der Waals surface area contributed by atoms with E-state index in [4.69, 9.17) is 0 Å². The van der Waals surface area contributed by atoms with E-state index in [1.807, 2.05) is 0 Å². The van der Waals surface area contributed by atoms with Crippen molar-refractivity contribution < 1.29 is 10.2 Å². The molecule has 3 N–H and O–H groups in total. The van der Waals surface area contributed by atoms with Crippen LogP contribution in [0.1, 0.15) is 31.6 Å². The van der Waals surface area contributed by atoms with Crippen LogP contribution in [0.5, 0.6) is 5.88 Å². The Labute approximate surface area is 128 Å². The predicted octanol–water partition coefficient (Wildman–Crippen LogP) is 1.59. The Morgan fingerprint density at radius 1 is 1.23 bits per heavy atom. The number of aromatic hydroxyl groups is 1. The summed E-state index contributed by atoms with van der Waals surface area (Å²) in [4.78, 5) is 16.1. The molecule has 0 aliphatic carbocycles. The minimum Gasteiger partial charge on any atom is -0.493 e. The Hall–Kier alpha value is -2.05. The number of nitrogens with zero attached hydrogens (tertiary/aromatic N) is 2. The molecule has 2 aromatic rings. The number of benzene rings is 1. The van der Waals surface area contributed by atoms with Gasteiger partial charge in [0.2, 0.25) is 5.88 Å². The van der Waals surface area contributed by atoms with Gasteiger partial charge in [-0.2, -0.15) is 0 Å². The molecule has 118 valence electrons. The van der Waals surface area contributed by atoms with Gasteiger partial charge in [0, 0.05) is 13.1 Å². The van der Waals surface area contributed by atoms with Gasteiger partial charge in [-0.15, -0.1) is 0 Å². The van der Waals surface area contributed by atoms with E-state index in [-0.39, 0.29) is 5.88 Å². The van der Waals surface area contributed by atoms with Crippen LogP contribution >= 0.6 is 0 Å². The maximum Gasteiger partial charge on any atom is 0.333 e. The number of hydrogen-bond donors (Lipinski definition) is 3. The quantitative estimate of drug-likeness (QED) is 0.804. The van der Waals surface area contributed by atoms with Crippen molar-refractivity contribution in [1.29, 1.82) is 0 Å². The van der Waals surface area contributed by atoms with Gasteiger partial charge >= 0.3 is 5.69 Å². The molecule has 6 heteroatoms. The second kappa shape index (κ2) is 5.98. The van der Waals surface area contributed by atoms with Crippen LogP contribution in [0.15, 0.2) is 35.3 Å². The molecule has 1 fully saturated rings. The average Bonchev–Trinajstić information content (AvgIpc) is 2.86. The molecule has 1 atom stereocenters. The number of piperidine rings is 1. The monoisotopic (exact) mass is 303 g/mol. The molecular formula is C16H21N3O3. The van der Waals surface area contributed by atoms with Gasteiger partial charge in [0.15, 0.2) is 0 Å². The third kappa shape index (κ3) is 2.80. The predicted molar refractivity (Wildman–Crippen MR) is 83.0 cm³/mol. The van der Waals surface area contributed by atoms with Gasteiger partial charge in [-0.3, -0.25) is 4.90 Å². The van der Waals surface area contributed by atoms with Gasteiger partial charge in [0.05, 0.1) is 11.9 Å². The lowest BCUT2D eigenvalue weighted by Crippen LogP contribution is -2.36. The van der Waals surface area contributed by atoms with Crippen LogP contribution in [0.3, 0.4) is 0 Å². The van der Waals surface area contributed by atoms with Gasteiger partial charge in [0.25, 0.3) is 0 Å². The molecule has 1 aliphatic rings. The first-order chi connectivity index (χ1) is 10.6. The van der Waals surface area contributed by atoms with Crippen molar-refractivity contribution in [3.8, 4) is 11.6 Å². The largest absolute Gasteiger partial charge is 0.493 e. The Morgan fingerprint density at radius 3 is 2.41 bits per heavy atom. The van der Waals surface area contributed by atoms with Crippen LogP contribution < -0.4 is 5.69 Å². The first-order valence-electron chi connectivity index (χ1n) is 7.58. The number of imidazole rings is 1. The molecule has 22 heavy (non-hydrogen) atoms. The first kappa shape index (κ1) is 14.9. The van der Waals surface area contributed by atoms with Crippen molar-refractivity contribution in [3.05, 3.63) is 46.5 Å². The fourth-order valence-corrected chi connectivity index (χ4v) is 2.89. The highest BCUT2D eigenvalue weighted by Gasteiger charge is 2.22. The second-order valence-electron chi connectivity index (χ2n) is 5.97. The molecule has 0 saturated carbocycles. The summed E-state index contributed by atoms with van der Waals surface area (Å²) in [7, 11) is 0. The molecule has 1 aromatic heterocycles. The van der Waals surface area contributed by atoms with Gasteiger partial charge in [-0.25, -0.2) is 9.36 Å². The lowest BCUT2D eigenvalue weighted by atomic mass is 9.98. The molecule has 1 unspecified atom stereocenters. The highest BCUT2D eigenvalue weighted by atomic mass is 16.3. The molecule has 0 radical (unpaired) electrons. The molecule has 0 bridgehead atoms. The summed E-state index contributed by atoms with van der Waals surface area (Å²) in [6.07, 6.45) is 2.82. The smallest absolute Gasteiger partial charge is 0.333 e. The summed E-state index contributed by atoms with van der Waals surface area (Å²) in [6.45, 7) is 4.02. The number of nitrogens with one attached hydrogen (secondary N) is 1. The number of aromatic amines is 1. The zero-order valence-corrected chi connectivity index (χ0v) is 12.6. The van der Waals surface area contributed by atoms with Crippen molar-refractivity contribution in [2.45, 2.75) is 26.0 Å². The maximum atomic E-state index is 11.6. The molecule has 1 aromatic carbocycles. The molecule has 0 spiro atoms. The first-order valence-corrected chi connectivity index (χ1v) is 7.58. The van der Waals surface area contributed by atoms with Crippen LogP contribution in [0, 0.1) is 5.92 Å². The van der Waals surface area contributed by atoms with Gasteiger partial charge < -0.3 is 15.2 Å². The van der Waals surface area contributed by atoms with E-state index in [0.717, 1.165) is 31.5 Å². The number of H-pyrrole nitrogens is 1. The minimum atomic E-state index is -0.627. The molecule has 3 rings (SSSR count). The Kier molecular flexibility index (Phi) is 4.04. The van der Waals surface area contributed by atoms with E-state index in [2.05, 4.69) is 16.8 Å². The summed E-state index contributed by atoms with van der Waals surface area (Å²) in [5, 5.41) is 20.1. The van der Waals surface area contributed by atoms with E-state index in [0.29, 0.717) is 11.6 Å². The standard InChI is InChI=1S/C16H21N3O3/c1-11-6-8-18(9-7-11)15(21)12-2-4-13(5-3-12)19-14(20)10-17-16(19)22/h2-5,10-11,15,20-21H,6-9H2,1H3,(H,17,22). The number of aliphatic hydroxyl groups is 1. The Bertz CT molecular complexity index is 681. The molecular weight excluding hydrogens is 282 g/mol. The Balaban J connectivity index is 1.78. The Morgan fingerprint density at radius 2 is 1.86 bits per heavy atom. The SMILES string of the molecule is CC1CCN(C(O)c2ccc(-n3c(O)c[nH]c3=O)cc2)CC1. The van der Waals surface area contributed by atoms with Gasteiger partial charge in [-0.05, 0) is 36.5 Å². The maximum absolute atomic E-state index is 11.6. The number of aromatic nitrogens is 2. The highest BCUT2D eigenvalue weighted by molar-refractivity contribution is 5.38. The summed E-state index contributed by atoms with van der Waals surface area (Å²) in [5.74, 6) is 0.581. The number of hydrogen-bond acceptors (Lipinski definition) is 4. The van der Waals surface area contributed by atoms with Gasteiger partial charge in [0.1, 0.15) is 6.23 Å². The van der Waals surface area contributed by atoms with Crippen molar-refractivity contribution in [2.24, 2.45) is 5.92 Å². The van der Waals surface area contributed by atoms with E-state index in [1.54, 1.807) is 24.3 Å². The fourth-order valence-electron chi connectivity index (χ4n) is 2.89. The topological polar surface area (TPSA) is 81.5 Å². The number of rotatable bonds is 3. The van der Waals surface area contributed by atoms with E-state index < -0.39 is 11.9 Å². The molecule has 2 heterocycles. The number of likely N-dealkylation sites (tertiary alicyclic amines) is 1. The van der Waals surface area contributed by atoms with Crippen molar-refractivity contribution in [1.82, 2.24) is 14.5 Å². The van der Waals surface area contributed by atoms with Crippen molar-refractivity contribution in [3.63, 3.8) is 0 Å². The van der Waals surface area contributed by atoms with E-state index in [9.17, 15) is 15.0 Å². The van der Waals surface area contributed by atoms with Crippen LogP contribution in [0.4, 0.5) is 0 Å². The van der Waals surface area contributed by atoms with E-state index in [1.165, 1.54) is 10.8 Å². The summed E-state index contributed by atoms with van der Waals surface area (Å²) in [6, 6.07) is 7.02. The third-order valence-corrected chi connectivity index (χ3v) is 4.37. The molecule has 0 amide bonds. The summed E-state index contributed by atoms with van der Waals surface area (Å²) >= 11 is 0. The van der Waals surface area contributed by atoms with Crippen LogP contribution in [0.25, 0.3) is 5.69 Å². The normalized spacial score (nSPS) is 18.5. The third-order valence-electron chi connectivity index (χ3n) is 4.37. The zero-order valence-electron chi connectivity index (χ0n) is 12.6. The van der Waals surface area contributed by atoms with Crippen LogP contribution in [-0.4, -0.2) is 37.8 Å². The van der Waals surface area contributed by atoms with Crippen molar-refractivity contribution >= 4 is 0 Å². The zero-order chi connectivity index (χ0) is 15.7. The minimum absolute atomic E-state index is 0.136.